The molecule has 1 heterocycles. The van der Waals surface area contributed by atoms with Crippen LogP contribution in [0.1, 0.15) is 26.3 Å². The largest absolute Gasteiger partial charge is 0.492 e. The number of rotatable bonds is 7. The summed E-state index contributed by atoms with van der Waals surface area (Å²) in [7, 11) is -3.75. The summed E-state index contributed by atoms with van der Waals surface area (Å²) in [6, 6.07) is 13.4. The lowest BCUT2D eigenvalue weighted by Crippen LogP contribution is -2.28. The predicted molar refractivity (Wildman–Crippen MR) is 126 cm³/mol. The van der Waals surface area contributed by atoms with E-state index < -0.39 is 15.6 Å². The second kappa shape index (κ2) is 9.62. The molecule has 0 aliphatic heterocycles. The van der Waals surface area contributed by atoms with Gasteiger partial charge in [-0.25, -0.2) is 13.1 Å². The fourth-order valence-electron chi connectivity index (χ4n) is 2.84. The molecule has 7 nitrogen and oxygen atoms in total. The van der Waals surface area contributed by atoms with E-state index in [1.165, 1.54) is 36.0 Å². The Bertz CT molecular complexity index is 1250. The summed E-state index contributed by atoms with van der Waals surface area (Å²) in [6.07, 6.45) is 1.24. The molecule has 0 radical (unpaired) electrons. The summed E-state index contributed by atoms with van der Waals surface area (Å²) >= 11 is 11.6. The van der Waals surface area contributed by atoms with Crippen molar-refractivity contribution in [2.45, 2.75) is 31.1 Å². The van der Waals surface area contributed by atoms with Gasteiger partial charge in [0.05, 0.1) is 21.8 Å². The van der Waals surface area contributed by atoms with E-state index in [-0.39, 0.29) is 33.5 Å². The highest BCUT2D eigenvalue weighted by atomic mass is 35.5. The summed E-state index contributed by atoms with van der Waals surface area (Å²) in [5.74, 6) is 0.668. The molecule has 1 N–H and O–H groups in total. The van der Waals surface area contributed by atoms with Crippen molar-refractivity contribution in [1.29, 1.82) is 0 Å². The van der Waals surface area contributed by atoms with Gasteiger partial charge in [0, 0.05) is 6.54 Å². The first-order valence-corrected chi connectivity index (χ1v) is 12.0. The lowest BCUT2D eigenvalue weighted by atomic mass is 9.87. The maximum atomic E-state index is 12.5. The van der Waals surface area contributed by atoms with Crippen LogP contribution in [-0.2, 0) is 15.4 Å². The summed E-state index contributed by atoms with van der Waals surface area (Å²) < 4.78 is 34.2. The van der Waals surface area contributed by atoms with Crippen molar-refractivity contribution in [3.05, 3.63) is 80.7 Å². The maximum Gasteiger partial charge on any atom is 0.291 e. The Kier molecular flexibility index (Phi) is 7.29. The number of ether oxygens (including phenoxy) is 1. The highest BCUT2D eigenvalue weighted by Crippen LogP contribution is 2.24. The van der Waals surface area contributed by atoms with Crippen LogP contribution in [0.4, 0.5) is 0 Å². The molecule has 0 spiro atoms. The van der Waals surface area contributed by atoms with Crippen molar-refractivity contribution in [1.82, 2.24) is 14.5 Å². The molecule has 2 aromatic carbocycles. The van der Waals surface area contributed by atoms with Crippen LogP contribution >= 0.6 is 23.2 Å². The highest BCUT2D eigenvalue weighted by molar-refractivity contribution is 7.89. The third-order valence-electron chi connectivity index (χ3n) is 4.65. The van der Waals surface area contributed by atoms with Gasteiger partial charge in [0.2, 0.25) is 10.0 Å². The van der Waals surface area contributed by atoms with Crippen LogP contribution in [0, 0.1) is 0 Å². The van der Waals surface area contributed by atoms with E-state index in [0.717, 1.165) is 4.68 Å². The number of hydrogen-bond donors (Lipinski definition) is 1. The Balaban J connectivity index is 1.60. The van der Waals surface area contributed by atoms with Crippen molar-refractivity contribution in [3.63, 3.8) is 0 Å². The molecule has 0 amide bonds. The van der Waals surface area contributed by atoms with E-state index in [4.69, 9.17) is 27.9 Å². The van der Waals surface area contributed by atoms with E-state index >= 15 is 0 Å². The number of nitrogens with zero attached hydrogens (tertiary/aromatic N) is 2. The molecule has 0 aliphatic carbocycles. The van der Waals surface area contributed by atoms with Gasteiger partial charge in [-0.15, -0.1) is 0 Å². The van der Waals surface area contributed by atoms with Crippen LogP contribution in [0.2, 0.25) is 10.0 Å². The number of halogens is 2. The fraction of sp³-hybridized carbons (Fsp3) is 0.273. The van der Waals surface area contributed by atoms with E-state index in [9.17, 15) is 13.2 Å². The lowest BCUT2D eigenvalue weighted by Gasteiger charge is -2.19. The monoisotopic (exact) mass is 495 g/mol. The molecule has 0 atom stereocenters. The Morgan fingerprint density at radius 2 is 1.66 bits per heavy atom. The number of benzene rings is 2. The van der Waals surface area contributed by atoms with E-state index in [2.05, 4.69) is 30.6 Å². The first-order valence-electron chi connectivity index (χ1n) is 9.76. The van der Waals surface area contributed by atoms with Crippen molar-refractivity contribution in [2.24, 2.45) is 0 Å². The maximum absolute atomic E-state index is 12.5. The molecule has 32 heavy (non-hydrogen) atoms. The summed E-state index contributed by atoms with van der Waals surface area (Å²) in [5.41, 5.74) is 0.996. The molecule has 0 bridgehead atoms. The average molecular weight is 496 g/mol. The molecule has 0 saturated heterocycles. The SMILES string of the molecule is CC(C)(C)c1ccc(OCCNS(=O)(=O)c2ccc(-n3ncc(Cl)c(Cl)c3=O)cc2)cc1. The Morgan fingerprint density at radius 3 is 2.25 bits per heavy atom. The quantitative estimate of drug-likeness (QED) is 0.496. The third kappa shape index (κ3) is 5.69. The van der Waals surface area contributed by atoms with Gasteiger partial charge in [-0.2, -0.15) is 9.78 Å². The predicted octanol–water partition coefficient (Wildman–Crippen LogP) is 4.19. The van der Waals surface area contributed by atoms with Crippen LogP contribution in [-0.4, -0.2) is 31.3 Å². The lowest BCUT2D eigenvalue weighted by molar-refractivity contribution is 0.322. The van der Waals surface area contributed by atoms with Gasteiger partial charge in [-0.05, 0) is 47.4 Å². The van der Waals surface area contributed by atoms with Crippen LogP contribution in [0.3, 0.4) is 0 Å². The first kappa shape index (κ1) is 24.3. The minimum Gasteiger partial charge on any atom is -0.492 e. The van der Waals surface area contributed by atoms with Gasteiger partial charge in [-0.1, -0.05) is 56.1 Å². The van der Waals surface area contributed by atoms with Crippen LogP contribution in [0.15, 0.2) is 64.4 Å². The molecule has 0 fully saturated rings. The standard InChI is InChI=1S/C22H23Cl2N3O4S/c1-22(2,3)15-4-8-17(9-5-15)31-13-12-26-32(29,30)18-10-6-16(7-11-18)27-21(28)20(24)19(23)14-25-27/h4-11,14,26H,12-13H2,1-3H3. The second-order valence-electron chi connectivity index (χ2n) is 8.04. The minimum atomic E-state index is -3.75. The van der Waals surface area contributed by atoms with Crippen molar-refractivity contribution in [3.8, 4) is 11.4 Å². The zero-order chi connectivity index (χ0) is 23.5. The molecular weight excluding hydrogens is 473 g/mol. The van der Waals surface area contributed by atoms with Gasteiger partial charge in [0.15, 0.2) is 0 Å². The van der Waals surface area contributed by atoms with Gasteiger partial charge < -0.3 is 4.74 Å². The van der Waals surface area contributed by atoms with Crippen molar-refractivity contribution in [2.75, 3.05) is 13.2 Å². The van der Waals surface area contributed by atoms with Crippen molar-refractivity contribution >= 4 is 33.2 Å². The second-order valence-corrected chi connectivity index (χ2v) is 10.6. The van der Waals surface area contributed by atoms with Gasteiger partial charge in [-0.3, -0.25) is 4.79 Å². The smallest absolute Gasteiger partial charge is 0.291 e. The third-order valence-corrected chi connectivity index (χ3v) is 6.88. The Hall–Kier alpha value is -2.39. The molecule has 170 valence electrons. The number of sulfonamides is 1. The minimum absolute atomic E-state index is 0.0451. The average Bonchev–Trinajstić information content (AvgIpc) is 2.75. The summed E-state index contributed by atoms with van der Waals surface area (Å²) in [6.45, 7) is 6.66. The molecule has 3 rings (SSSR count). The zero-order valence-electron chi connectivity index (χ0n) is 17.8. The fourth-order valence-corrected chi connectivity index (χ4v) is 4.11. The first-order chi connectivity index (χ1) is 15.0. The van der Waals surface area contributed by atoms with Crippen LogP contribution < -0.4 is 15.0 Å². The van der Waals surface area contributed by atoms with E-state index in [0.29, 0.717) is 11.4 Å². The molecule has 0 aliphatic rings. The Labute approximate surface area is 197 Å². The molecule has 3 aromatic rings. The molecule has 10 heteroatoms. The van der Waals surface area contributed by atoms with Gasteiger partial charge in [0.1, 0.15) is 17.4 Å². The molecular formula is C22H23Cl2N3O4S. The summed E-state index contributed by atoms with van der Waals surface area (Å²) in [5, 5.41) is 3.80. The van der Waals surface area contributed by atoms with Gasteiger partial charge >= 0.3 is 0 Å². The zero-order valence-corrected chi connectivity index (χ0v) is 20.1. The van der Waals surface area contributed by atoms with E-state index in [1.807, 2.05) is 24.3 Å². The van der Waals surface area contributed by atoms with E-state index in [1.54, 1.807) is 0 Å². The van der Waals surface area contributed by atoms with Crippen LogP contribution in [0.25, 0.3) is 5.69 Å². The van der Waals surface area contributed by atoms with Gasteiger partial charge in [0.25, 0.3) is 5.56 Å². The number of hydrogen-bond acceptors (Lipinski definition) is 5. The number of aromatic nitrogens is 2. The normalized spacial score (nSPS) is 12.0. The van der Waals surface area contributed by atoms with Crippen molar-refractivity contribution < 1.29 is 13.2 Å². The molecule has 0 saturated carbocycles. The topological polar surface area (TPSA) is 90.3 Å². The molecule has 0 unspecified atom stereocenters. The molecule has 1 aromatic heterocycles. The summed E-state index contributed by atoms with van der Waals surface area (Å²) in [4.78, 5) is 12.2. The highest BCUT2D eigenvalue weighted by Gasteiger charge is 2.16. The number of nitrogens with one attached hydrogen (secondary N) is 1. The Morgan fingerprint density at radius 1 is 1.03 bits per heavy atom. The van der Waals surface area contributed by atoms with Crippen LogP contribution in [0.5, 0.6) is 5.75 Å².